The van der Waals surface area contributed by atoms with E-state index in [1.807, 2.05) is 23.1 Å². The van der Waals surface area contributed by atoms with Gasteiger partial charge in [0, 0.05) is 0 Å². The molecule has 1 aromatic heterocycles. The highest BCUT2D eigenvalue weighted by molar-refractivity contribution is 7.22. The van der Waals surface area contributed by atoms with Crippen molar-refractivity contribution in [2.45, 2.75) is 46.1 Å². The zero-order valence-electron chi connectivity index (χ0n) is 18.3. The van der Waals surface area contributed by atoms with Gasteiger partial charge in [0.15, 0.2) is 5.13 Å². The number of amides is 1. The second-order valence-corrected chi connectivity index (χ2v) is 9.17. The van der Waals surface area contributed by atoms with Crippen LogP contribution in [-0.2, 0) is 24.2 Å². The number of anilines is 1. The average Bonchev–Trinajstić information content (AvgIpc) is 3.22. The van der Waals surface area contributed by atoms with Crippen molar-refractivity contribution in [2.24, 2.45) is 0 Å². The van der Waals surface area contributed by atoms with Crippen molar-refractivity contribution < 1.29 is 4.79 Å². The number of aromatic nitrogens is 1. The second kappa shape index (κ2) is 9.44. The molecule has 3 aromatic carbocycles. The predicted octanol–water partition coefficient (Wildman–Crippen LogP) is 6.76. The number of para-hydroxylation sites is 1. The number of hydrogen-bond donors (Lipinski definition) is 0. The van der Waals surface area contributed by atoms with E-state index in [2.05, 4.69) is 75.4 Å². The highest BCUT2D eigenvalue weighted by Gasteiger charge is 2.21. The SMILES string of the molecule is CCc1ccc(CC(=O)N(Cc2ccccc2)c2nc3c(C(C)C)cccc3s2)cc1. The minimum Gasteiger partial charge on any atom is -0.283 e. The van der Waals surface area contributed by atoms with Crippen LogP contribution in [0.5, 0.6) is 0 Å². The van der Waals surface area contributed by atoms with Gasteiger partial charge in [-0.1, -0.05) is 98.8 Å². The summed E-state index contributed by atoms with van der Waals surface area (Å²) in [7, 11) is 0. The molecule has 0 N–H and O–H groups in total. The van der Waals surface area contributed by atoms with Crippen molar-refractivity contribution in [1.82, 2.24) is 4.98 Å². The average molecular weight is 429 g/mol. The lowest BCUT2D eigenvalue weighted by atomic mass is 10.0. The van der Waals surface area contributed by atoms with E-state index >= 15 is 0 Å². The Balaban J connectivity index is 1.69. The number of aryl methyl sites for hydroxylation is 1. The maximum Gasteiger partial charge on any atom is 0.233 e. The van der Waals surface area contributed by atoms with E-state index in [-0.39, 0.29) is 5.91 Å². The molecule has 0 fully saturated rings. The molecule has 0 aliphatic rings. The van der Waals surface area contributed by atoms with E-state index in [0.29, 0.717) is 18.9 Å². The summed E-state index contributed by atoms with van der Waals surface area (Å²) in [5.41, 5.74) is 5.65. The van der Waals surface area contributed by atoms with E-state index in [0.717, 1.165) is 32.9 Å². The monoisotopic (exact) mass is 428 g/mol. The third kappa shape index (κ3) is 4.86. The summed E-state index contributed by atoms with van der Waals surface area (Å²) in [4.78, 5) is 20.2. The quantitative estimate of drug-likeness (QED) is 0.326. The number of carbonyl (C=O) groups is 1. The van der Waals surface area contributed by atoms with Gasteiger partial charge in [-0.2, -0.15) is 0 Å². The van der Waals surface area contributed by atoms with Crippen LogP contribution in [0.4, 0.5) is 5.13 Å². The summed E-state index contributed by atoms with van der Waals surface area (Å²) in [6.45, 7) is 7.02. The van der Waals surface area contributed by atoms with Crippen LogP contribution in [0.3, 0.4) is 0 Å². The van der Waals surface area contributed by atoms with Crippen LogP contribution in [0.1, 0.15) is 48.9 Å². The third-order valence-electron chi connectivity index (χ3n) is 5.56. The van der Waals surface area contributed by atoms with Crippen molar-refractivity contribution in [3.8, 4) is 0 Å². The molecule has 0 aliphatic heterocycles. The van der Waals surface area contributed by atoms with Gasteiger partial charge in [0.2, 0.25) is 5.91 Å². The third-order valence-corrected chi connectivity index (χ3v) is 6.61. The van der Waals surface area contributed by atoms with E-state index in [1.165, 1.54) is 11.1 Å². The van der Waals surface area contributed by atoms with Gasteiger partial charge in [0.25, 0.3) is 0 Å². The number of fused-ring (bicyclic) bond motifs is 1. The minimum atomic E-state index is 0.0678. The van der Waals surface area contributed by atoms with Crippen molar-refractivity contribution in [2.75, 3.05) is 4.90 Å². The van der Waals surface area contributed by atoms with Crippen molar-refractivity contribution in [1.29, 1.82) is 0 Å². The molecule has 158 valence electrons. The first-order valence-electron chi connectivity index (χ1n) is 10.9. The van der Waals surface area contributed by atoms with Crippen LogP contribution in [0.2, 0.25) is 0 Å². The molecule has 0 saturated heterocycles. The first kappa shape index (κ1) is 21.3. The van der Waals surface area contributed by atoms with Gasteiger partial charge < -0.3 is 0 Å². The summed E-state index contributed by atoms with van der Waals surface area (Å²) in [6, 6.07) is 24.8. The van der Waals surface area contributed by atoms with Crippen molar-refractivity contribution in [3.63, 3.8) is 0 Å². The van der Waals surface area contributed by atoms with Crippen LogP contribution in [0.15, 0.2) is 72.8 Å². The van der Waals surface area contributed by atoms with Gasteiger partial charge in [0.05, 0.1) is 23.2 Å². The molecule has 4 heteroatoms. The van der Waals surface area contributed by atoms with Crippen LogP contribution >= 0.6 is 11.3 Å². The molecular formula is C27H28N2OS. The fraction of sp³-hybridized carbons (Fsp3) is 0.259. The van der Waals surface area contributed by atoms with Gasteiger partial charge in [0.1, 0.15) is 0 Å². The second-order valence-electron chi connectivity index (χ2n) is 8.16. The summed E-state index contributed by atoms with van der Waals surface area (Å²) in [5.74, 6) is 0.451. The molecule has 4 aromatic rings. The predicted molar refractivity (Wildman–Crippen MR) is 131 cm³/mol. The van der Waals surface area contributed by atoms with E-state index < -0.39 is 0 Å². The fourth-order valence-electron chi connectivity index (χ4n) is 3.73. The number of rotatable bonds is 7. The Morgan fingerprint density at radius 1 is 0.903 bits per heavy atom. The summed E-state index contributed by atoms with van der Waals surface area (Å²) >= 11 is 1.60. The van der Waals surface area contributed by atoms with Gasteiger partial charge in [-0.3, -0.25) is 9.69 Å². The Kier molecular flexibility index (Phi) is 6.47. The Morgan fingerprint density at radius 2 is 1.61 bits per heavy atom. The van der Waals surface area contributed by atoms with Crippen molar-refractivity contribution in [3.05, 3.63) is 95.1 Å². The van der Waals surface area contributed by atoms with Crippen LogP contribution in [-0.4, -0.2) is 10.9 Å². The highest BCUT2D eigenvalue weighted by atomic mass is 32.1. The standard InChI is InChI=1S/C27H28N2OS/c1-4-20-13-15-21(16-14-20)17-25(30)29(18-22-9-6-5-7-10-22)27-28-26-23(19(2)3)11-8-12-24(26)31-27/h5-16,19H,4,17-18H2,1-3H3. The molecule has 0 spiro atoms. The molecule has 0 radical (unpaired) electrons. The molecule has 3 nitrogen and oxygen atoms in total. The summed E-state index contributed by atoms with van der Waals surface area (Å²) < 4.78 is 1.12. The minimum absolute atomic E-state index is 0.0678. The number of thiazole rings is 1. The Labute approximate surface area is 188 Å². The molecule has 0 saturated carbocycles. The molecule has 0 aliphatic carbocycles. The lowest BCUT2D eigenvalue weighted by Crippen LogP contribution is -2.31. The number of carbonyl (C=O) groups excluding carboxylic acids is 1. The van der Waals surface area contributed by atoms with Gasteiger partial charge >= 0.3 is 0 Å². The Morgan fingerprint density at radius 3 is 2.29 bits per heavy atom. The molecule has 31 heavy (non-hydrogen) atoms. The molecule has 0 bridgehead atoms. The zero-order chi connectivity index (χ0) is 21.8. The largest absolute Gasteiger partial charge is 0.283 e. The van der Waals surface area contributed by atoms with Crippen LogP contribution in [0.25, 0.3) is 10.2 Å². The molecule has 1 heterocycles. The Bertz CT molecular complexity index is 1160. The lowest BCUT2D eigenvalue weighted by molar-refractivity contribution is -0.118. The maximum atomic E-state index is 13.5. The topological polar surface area (TPSA) is 33.2 Å². The normalized spacial score (nSPS) is 11.2. The van der Waals surface area contributed by atoms with Crippen LogP contribution < -0.4 is 4.90 Å². The summed E-state index contributed by atoms with van der Waals surface area (Å²) in [6.07, 6.45) is 1.36. The number of nitrogens with zero attached hydrogens (tertiary/aromatic N) is 2. The van der Waals surface area contributed by atoms with E-state index in [4.69, 9.17) is 4.98 Å². The first-order valence-corrected chi connectivity index (χ1v) is 11.7. The van der Waals surface area contributed by atoms with Gasteiger partial charge in [-0.25, -0.2) is 4.98 Å². The van der Waals surface area contributed by atoms with Crippen molar-refractivity contribution >= 4 is 32.6 Å². The molecule has 0 atom stereocenters. The number of benzene rings is 3. The lowest BCUT2D eigenvalue weighted by Gasteiger charge is -2.20. The highest BCUT2D eigenvalue weighted by Crippen LogP contribution is 2.34. The maximum absolute atomic E-state index is 13.5. The van der Waals surface area contributed by atoms with Gasteiger partial charge in [-0.05, 0) is 40.7 Å². The Hall–Kier alpha value is -2.98. The first-order chi connectivity index (χ1) is 15.0. The number of hydrogen-bond acceptors (Lipinski definition) is 3. The molecule has 1 amide bonds. The van der Waals surface area contributed by atoms with Crippen LogP contribution in [0, 0.1) is 0 Å². The van der Waals surface area contributed by atoms with E-state index in [9.17, 15) is 4.79 Å². The molecule has 4 rings (SSSR count). The molecular weight excluding hydrogens is 400 g/mol. The van der Waals surface area contributed by atoms with E-state index in [1.54, 1.807) is 11.3 Å². The molecule has 0 unspecified atom stereocenters. The fourth-order valence-corrected chi connectivity index (χ4v) is 4.75. The smallest absolute Gasteiger partial charge is 0.233 e. The summed E-state index contributed by atoms with van der Waals surface area (Å²) in [5, 5.41) is 0.766. The van der Waals surface area contributed by atoms with Gasteiger partial charge in [-0.15, -0.1) is 0 Å². The zero-order valence-corrected chi connectivity index (χ0v) is 19.2.